The van der Waals surface area contributed by atoms with Crippen molar-refractivity contribution in [3.63, 3.8) is 0 Å². The van der Waals surface area contributed by atoms with E-state index in [1.165, 1.54) is 16.3 Å². The maximum atomic E-state index is 4.35. The van der Waals surface area contributed by atoms with Crippen molar-refractivity contribution in [3.05, 3.63) is 35.8 Å². The topological polar surface area (TPSA) is 41.6 Å². The Bertz CT molecular complexity index is 652. The third-order valence-electron chi connectivity index (χ3n) is 2.71. The fourth-order valence-corrected chi connectivity index (χ4v) is 1.96. The second-order valence-corrected chi connectivity index (χ2v) is 3.82. The summed E-state index contributed by atoms with van der Waals surface area (Å²) in [6, 6.07) is 6.26. The summed E-state index contributed by atoms with van der Waals surface area (Å²) in [7, 11) is 0. The Labute approximate surface area is 87.2 Å². The lowest BCUT2D eigenvalue weighted by atomic mass is 10.1. The fraction of sp³-hybridized carbons (Fsp3) is 0.167. The van der Waals surface area contributed by atoms with Crippen molar-refractivity contribution in [2.45, 2.75) is 13.8 Å². The molecule has 2 aromatic heterocycles. The predicted molar refractivity (Wildman–Crippen MR) is 60.9 cm³/mol. The monoisotopic (exact) mass is 197 g/mol. The molecule has 0 unspecified atom stereocenters. The highest BCUT2D eigenvalue weighted by atomic mass is 15.0. The van der Waals surface area contributed by atoms with Gasteiger partial charge in [-0.05, 0) is 19.4 Å². The number of hydrogen-bond acceptors (Lipinski definition) is 2. The van der Waals surface area contributed by atoms with Crippen LogP contribution >= 0.6 is 0 Å². The minimum atomic E-state index is 0.797. The zero-order valence-electron chi connectivity index (χ0n) is 8.70. The zero-order valence-corrected chi connectivity index (χ0v) is 8.70. The Hall–Kier alpha value is -1.90. The third kappa shape index (κ3) is 1.13. The molecule has 1 aromatic carbocycles. The number of pyridine rings is 1. The number of rotatable bonds is 0. The van der Waals surface area contributed by atoms with Gasteiger partial charge in [-0.15, -0.1) is 0 Å². The Morgan fingerprint density at radius 2 is 2.00 bits per heavy atom. The van der Waals surface area contributed by atoms with Crippen LogP contribution in [0.1, 0.15) is 11.4 Å². The van der Waals surface area contributed by atoms with Gasteiger partial charge >= 0.3 is 0 Å². The first-order valence-corrected chi connectivity index (χ1v) is 4.96. The van der Waals surface area contributed by atoms with Crippen LogP contribution in [0.3, 0.4) is 0 Å². The molecule has 0 aliphatic heterocycles. The smallest absolute Gasteiger partial charge is 0.178 e. The molecule has 1 N–H and O–H groups in total. The van der Waals surface area contributed by atoms with E-state index >= 15 is 0 Å². The normalized spacial score (nSPS) is 11.3. The van der Waals surface area contributed by atoms with Gasteiger partial charge in [0.25, 0.3) is 0 Å². The highest BCUT2D eigenvalue weighted by Crippen LogP contribution is 2.23. The van der Waals surface area contributed by atoms with E-state index in [2.05, 4.69) is 40.1 Å². The van der Waals surface area contributed by atoms with Gasteiger partial charge in [-0.25, -0.2) is 9.97 Å². The lowest BCUT2D eigenvalue weighted by Gasteiger charge is -2.00. The van der Waals surface area contributed by atoms with Crippen LogP contribution in [0.4, 0.5) is 0 Å². The predicted octanol–water partition coefficient (Wildman–Crippen LogP) is 2.73. The van der Waals surface area contributed by atoms with Crippen molar-refractivity contribution in [1.29, 1.82) is 0 Å². The van der Waals surface area contributed by atoms with Crippen LogP contribution in [-0.2, 0) is 0 Å². The minimum absolute atomic E-state index is 0.797. The minimum Gasteiger partial charge on any atom is -0.340 e. The summed E-state index contributed by atoms with van der Waals surface area (Å²) in [5.74, 6) is 0.909. The summed E-state index contributed by atoms with van der Waals surface area (Å²) in [4.78, 5) is 11.9. The molecule has 0 amide bonds. The Kier molecular flexibility index (Phi) is 1.57. The van der Waals surface area contributed by atoms with Crippen molar-refractivity contribution in [3.8, 4) is 0 Å². The first-order chi connectivity index (χ1) is 7.25. The third-order valence-corrected chi connectivity index (χ3v) is 2.71. The van der Waals surface area contributed by atoms with Gasteiger partial charge in [-0.1, -0.05) is 18.2 Å². The molecule has 0 spiro atoms. The average molecular weight is 197 g/mol. The number of aryl methyl sites for hydroxylation is 2. The molecule has 0 atom stereocenters. The van der Waals surface area contributed by atoms with Crippen molar-refractivity contribution < 1.29 is 0 Å². The van der Waals surface area contributed by atoms with Gasteiger partial charge in [0.05, 0.1) is 5.52 Å². The molecule has 0 saturated carbocycles. The van der Waals surface area contributed by atoms with Crippen molar-refractivity contribution >= 4 is 21.9 Å². The number of aromatic amines is 1. The molecular formula is C12H11N3. The van der Waals surface area contributed by atoms with E-state index in [0.29, 0.717) is 0 Å². The fourth-order valence-electron chi connectivity index (χ4n) is 1.96. The first kappa shape index (κ1) is 8.41. The largest absolute Gasteiger partial charge is 0.340 e. The molecule has 3 rings (SSSR count). The van der Waals surface area contributed by atoms with Gasteiger partial charge in [-0.2, -0.15) is 0 Å². The molecule has 3 heteroatoms. The number of nitrogens with one attached hydrogen (secondary N) is 1. The van der Waals surface area contributed by atoms with Gasteiger partial charge in [0.1, 0.15) is 5.82 Å². The summed E-state index contributed by atoms with van der Waals surface area (Å²) in [6.45, 7) is 4.04. The van der Waals surface area contributed by atoms with Gasteiger partial charge in [0, 0.05) is 17.0 Å². The van der Waals surface area contributed by atoms with E-state index in [9.17, 15) is 0 Å². The number of imidazole rings is 1. The molecule has 0 aliphatic carbocycles. The quantitative estimate of drug-likeness (QED) is 0.602. The number of benzene rings is 1. The second-order valence-electron chi connectivity index (χ2n) is 3.82. The number of fused-ring (bicyclic) bond motifs is 3. The van der Waals surface area contributed by atoms with Crippen LogP contribution in [0.5, 0.6) is 0 Å². The summed E-state index contributed by atoms with van der Waals surface area (Å²) < 4.78 is 0. The van der Waals surface area contributed by atoms with Crippen molar-refractivity contribution in [2.24, 2.45) is 0 Å². The van der Waals surface area contributed by atoms with Crippen LogP contribution in [0, 0.1) is 13.8 Å². The molecule has 74 valence electrons. The van der Waals surface area contributed by atoms with Gasteiger partial charge in [0.15, 0.2) is 5.65 Å². The summed E-state index contributed by atoms with van der Waals surface area (Å²) >= 11 is 0. The highest BCUT2D eigenvalue weighted by Gasteiger charge is 2.06. The van der Waals surface area contributed by atoms with E-state index in [0.717, 1.165) is 17.0 Å². The highest BCUT2D eigenvalue weighted by molar-refractivity contribution is 6.03. The number of aromatic nitrogens is 3. The molecule has 3 nitrogen and oxygen atoms in total. The van der Waals surface area contributed by atoms with E-state index < -0.39 is 0 Å². The lowest BCUT2D eigenvalue weighted by molar-refractivity contribution is 1.16. The summed E-state index contributed by atoms with van der Waals surface area (Å²) in [5, 5.41) is 2.38. The van der Waals surface area contributed by atoms with Gasteiger partial charge in [0.2, 0.25) is 0 Å². The van der Waals surface area contributed by atoms with E-state index in [4.69, 9.17) is 0 Å². The Morgan fingerprint density at radius 3 is 2.87 bits per heavy atom. The molecule has 3 aromatic rings. The summed E-state index contributed by atoms with van der Waals surface area (Å²) in [6.07, 6.45) is 1.90. The maximum absolute atomic E-state index is 4.35. The van der Waals surface area contributed by atoms with E-state index in [1.54, 1.807) is 0 Å². The Balaban J connectivity index is 2.59. The standard InChI is InChI=1S/C12H11N3/c1-7-4-3-5-9-10(7)6-13-12-11(9)14-8(2)15-12/h3-6H,1-2H3,(H,13,14,15). The van der Waals surface area contributed by atoms with Crippen LogP contribution in [0.25, 0.3) is 21.9 Å². The second kappa shape index (κ2) is 2.79. The molecule has 0 fully saturated rings. The number of nitrogens with zero attached hydrogens (tertiary/aromatic N) is 2. The summed E-state index contributed by atoms with van der Waals surface area (Å²) in [5.41, 5.74) is 3.08. The molecule has 0 radical (unpaired) electrons. The van der Waals surface area contributed by atoms with Gasteiger partial charge < -0.3 is 4.98 Å². The molecule has 0 saturated heterocycles. The lowest BCUT2D eigenvalue weighted by Crippen LogP contribution is -1.83. The van der Waals surface area contributed by atoms with E-state index in [1.807, 2.05) is 13.1 Å². The Morgan fingerprint density at radius 1 is 1.13 bits per heavy atom. The number of H-pyrrole nitrogens is 1. The van der Waals surface area contributed by atoms with Crippen LogP contribution in [-0.4, -0.2) is 15.0 Å². The zero-order chi connectivity index (χ0) is 10.4. The van der Waals surface area contributed by atoms with Crippen LogP contribution in [0.15, 0.2) is 24.4 Å². The average Bonchev–Trinajstić information content (AvgIpc) is 2.59. The van der Waals surface area contributed by atoms with Crippen LogP contribution < -0.4 is 0 Å². The number of hydrogen-bond donors (Lipinski definition) is 1. The van der Waals surface area contributed by atoms with E-state index in [-0.39, 0.29) is 0 Å². The molecule has 0 bridgehead atoms. The van der Waals surface area contributed by atoms with Crippen LogP contribution in [0.2, 0.25) is 0 Å². The SMILES string of the molecule is Cc1nc2ncc3c(C)cccc3c2[nH]1. The molecule has 15 heavy (non-hydrogen) atoms. The van der Waals surface area contributed by atoms with Crippen molar-refractivity contribution in [2.75, 3.05) is 0 Å². The van der Waals surface area contributed by atoms with Gasteiger partial charge in [-0.3, -0.25) is 0 Å². The van der Waals surface area contributed by atoms with Crippen molar-refractivity contribution in [1.82, 2.24) is 15.0 Å². The molecular weight excluding hydrogens is 186 g/mol. The maximum Gasteiger partial charge on any atom is 0.178 e. The molecule has 2 heterocycles. The first-order valence-electron chi connectivity index (χ1n) is 4.96. The molecule has 0 aliphatic rings.